The summed E-state index contributed by atoms with van der Waals surface area (Å²) < 4.78 is 5.24. The molecule has 1 aromatic rings. The number of nitrogens with zero attached hydrogens (tertiary/aromatic N) is 1. The minimum absolute atomic E-state index is 0.0154. The number of hydrogen-bond donors (Lipinski definition) is 1. The van der Waals surface area contributed by atoms with Gasteiger partial charge in [-0.1, -0.05) is 0 Å². The lowest BCUT2D eigenvalue weighted by Gasteiger charge is -2.21. The molecule has 0 aliphatic carbocycles. The summed E-state index contributed by atoms with van der Waals surface area (Å²) in [6.45, 7) is 1.60. The molecule has 0 bridgehead atoms. The molecule has 0 radical (unpaired) electrons. The zero-order chi connectivity index (χ0) is 13.0. The van der Waals surface area contributed by atoms with Gasteiger partial charge in [0.25, 0.3) is 5.91 Å². The van der Waals surface area contributed by atoms with E-state index in [1.54, 1.807) is 25.3 Å². The number of rotatable bonds is 2. The molecule has 5 heteroatoms. The average Bonchev–Trinajstić information content (AvgIpc) is 2.66. The van der Waals surface area contributed by atoms with Crippen LogP contribution in [-0.4, -0.2) is 42.5 Å². The Balaban J connectivity index is 2.23. The van der Waals surface area contributed by atoms with Crippen molar-refractivity contribution < 1.29 is 9.53 Å². The number of amides is 1. The van der Waals surface area contributed by atoms with Crippen molar-refractivity contribution in [2.24, 2.45) is 0 Å². The van der Waals surface area contributed by atoms with E-state index < -0.39 is 0 Å². The topological polar surface area (TPSA) is 55.6 Å². The summed E-state index contributed by atoms with van der Waals surface area (Å²) in [7, 11) is 1.57. The Bertz CT molecular complexity index is 429. The molecule has 1 aliphatic heterocycles. The first-order valence-electron chi connectivity index (χ1n) is 6.03. The summed E-state index contributed by atoms with van der Waals surface area (Å²) in [5, 5.41) is 0. The summed E-state index contributed by atoms with van der Waals surface area (Å²) in [5.41, 5.74) is 6.90. The fourth-order valence-electron chi connectivity index (χ4n) is 2.01. The van der Waals surface area contributed by atoms with E-state index in [-0.39, 0.29) is 5.91 Å². The van der Waals surface area contributed by atoms with Crippen LogP contribution in [0.4, 0.5) is 5.69 Å². The van der Waals surface area contributed by atoms with Crippen LogP contribution in [0.5, 0.6) is 5.75 Å². The fourth-order valence-corrected chi connectivity index (χ4v) is 2.90. The lowest BCUT2D eigenvalue weighted by atomic mass is 10.1. The Labute approximate surface area is 111 Å². The van der Waals surface area contributed by atoms with Gasteiger partial charge in [-0.05, 0) is 30.4 Å². The van der Waals surface area contributed by atoms with Gasteiger partial charge >= 0.3 is 0 Å². The minimum atomic E-state index is 0.0154. The van der Waals surface area contributed by atoms with Crippen molar-refractivity contribution in [3.63, 3.8) is 0 Å². The molecule has 2 rings (SSSR count). The smallest absolute Gasteiger partial charge is 0.257 e. The van der Waals surface area contributed by atoms with Gasteiger partial charge in [-0.15, -0.1) is 0 Å². The largest absolute Gasteiger partial charge is 0.496 e. The number of carbonyl (C=O) groups is 1. The van der Waals surface area contributed by atoms with E-state index in [0.29, 0.717) is 17.0 Å². The number of ether oxygens (including phenoxy) is 1. The van der Waals surface area contributed by atoms with Crippen molar-refractivity contribution >= 4 is 23.4 Å². The van der Waals surface area contributed by atoms with Crippen molar-refractivity contribution in [1.29, 1.82) is 0 Å². The van der Waals surface area contributed by atoms with Gasteiger partial charge in [0, 0.05) is 24.5 Å². The molecule has 1 aliphatic rings. The van der Waals surface area contributed by atoms with E-state index in [4.69, 9.17) is 10.5 Å². The molecule has 1 fully saturated rings. The second kappa shape index (κ2) is 6.00. The average molecular weight is 266 g/mol. The van der Waals surface area contributed by atoms with Gasteiger partial charge in [0.1, 0.15) is 5.75 Å². The Morgan fingerprint density at radius 1 is 1.39 bits per heavy atom. The van der Waals surface area contributed by atoms with Crippen LogP contribution < -0.4 is 10.5 Å². The number of hydrogen-bond acceptors (Lipinski definition) is 4. The van der Waals surface area contributed by atoms with Crippen molar-refractivity contribution in [2.75, 3.05) is 37.4 Å². The molecule has 18 heavy (non-hydrogen) atoms. The number of methoxy groups -OCH3 is 1. The molecule has 1 aromatic carbocycles. The van der Waals surface area contributed by atoms with Crippen molar-refractivity contribution in [3.8, 4) is 5.75 Å². The normalized spacial score (nSPS) is 16.2. The molecular weight excluding hydrogens is 248 g/mol. The number of benzene rings is 1. The first kappa shape index (κ1) is 13.1. The van der Waals surface area contributed by atoms with Crippen molar-refractivity contribution in [3.05, 3.63) is 23.8 Å². The summed E-state index contributed by atoms with van der Waals surface area (Å²) in [6, 6.07) is 5.18. The molecule has 0 atom stereocenters. The second-order valence-electron chi connectivity index (χ2n) is 4.22. The lowest BCUT2D eigenvalue weighted by Crippen LogP contribution is -2.33. The van der Waals surface area contributed by atoms with Gasteiger partial charge in [0.2, 0.25) is 0 Å². The van der Waals surface area contributed by atoms with E-state index in [0.717, 1.165) is 31.0 Å². The Hall–Kier alpha value is -1.36. The van der Waals surface area contributed by atoms with E-state index >= 15 is 0 Å². The number of nitrogen functional groups attached to an aromatic ring is 1. The monoisotopic (exact) mass is 266 g/mol. The van der Waals surface area contributed by atoms with Gasteiger partial charge in [0.05, 0.1) is 12.7 Å². The fraction of sp³-hybridized carbons (Fsp3) is 0.462. The van der Waals surface area contributed by atoms with Crippen LogP contribution in [0.25, 0.3) is 0 Å². The SMILES string of the molecule is COc1ccc(N)cc1C(=O)N1CCCSCC1. The molecule has 0 unspecified atom stereocenters. The quantitative estimate of drug-likeness (QED) is 0.830. The molecule has 1 heterocycles. The maximum atomic E-state index is 12.5. The molecule has 0 saturated carbocycles. The van der Waals surface area contributed by atoms with Gasteiger partial charge in [-0.3, -0.25) is 4.79 Å². The van der Waals surface area contributed by atoms with E-state index in [1.807, 2.05) is 16.7 Å². The second-order valence-corrected chi connectivity index (χ2v) is 5.44. The van der Waals surface area contributed by atoms with Crippen molar-refractivity contribution in [1.82, 2.24) is 4.90 Å². The molecular formula is C13H18N2O2S. The van der Waals surface area contributed by atoms with Crippen LogP contribution in [0.2, 0.25) is 0 Å². The third-order valence-corrected chi connectivity index (χ3v) is 4.01. The van der Waals surface area contributed by atoms with Gasteiger partial charge in [0.15, 0.2) is 0 Å². The van der Waals surface area contributed by atoms with Gasteiger partial charge in [-0.2, -0.15) is 11.8 Å². The molecule has 1 saturated heterocycles. The van der Waals surface area contributed by atoms with Crippen LogP contribution >= 0.6 is 11.8 Å². The number of anilines is 1. The zero-order valence-corrected chi connectivity index (χ0v) is 11.3. The molecule has 0 aromatic heterocycles. The van der Waals surface area contributed by atoms with Crippen LogP contribution in [0.1, 0.15) is 16.8 Å². The first-order valence-corrected chi connectivity index (χ1v) is 7.18. The van der Waals surface area contributed by atoms with Gasteiger partial charge in [-0.25, -0.2) is 0 Å². The number of nitrogens with two attached hydrogens (primary N) is 1. The Kier molecular flexibility index (Phi) is 4.36. The van der Waals surface area contributed by atoms with Crippen LogP contribution in [0, 0.1) is 0 Å². The molecule has 2 N–H and O–H groups in total. The van der Waals surface area contributed by atoms with E-state index in [9.17, 15) is 4.79 Å². The predicted molar refractivity (Wildman–Crippen MR) is 75.3 cm³/mol. The Morgan fingerprint density at radius 2 is 2.22 bits per heavy atom. The summed E-state index contributed by atoms with van der Waals surface area (Å²) in [5.74, 6) is 2.72. The highest BCUT2D eigenvalue weighted by molar-refractivity contribution is 7.99. The molecule has 4 nitrogen and oxygen atoms in total. The third-order valence-electron chi connectivity index (χ3n) is 2.96. The summed E-state index contributed by atoms with van der Waals surface area (Å²) in [6.07, 6.45) is 1.04. The van der Waals surface area contributed by atoms with Crippen LogP contribution in [0.15, 0.2) is 18.2 Å². The summed E-state index contributed by atoms with van der Waals surface area (Å²) >= 11 is 1.90. The highest BCUT2D eigenvalue weighted by Gasteiger charge is 2.20. The minimum Gasteiger partial charge on any atom is -0.496 e. The van der Waals surface area contributed by atoms with Crippen molar-refractivity contribution in [2.45, 2.75) is 6.42 Å². The number of thioether (sulfide) groups is 1. The molecule has 0 spiro atoms. The lowest BCUT2D eigenvalue weighted by molar-refractivity contribution is 0.0765. The number of carbonyl (C=O) groups excluding carboxylic acids is 1. The highest BCUT2D eigenvalue weighted by atomic mass is 32.2. The summed E-state index contributed by atoms with van der Waals surface area (Å²) in [4.78, 5) is 14.4. The van der Waals surface area contributed by atoms with Gasteiger partial charge < -0.3 is 15.4 Å². The van der Waals surface area contributed by atoms with E-state index in [2.05, 4.69) is 0 Å². The maximum absolute atomic E-state index is 12.5. The highest BCUT2D eigenvalue weighted by Crippen LogP contribution is 2.23. The first-order chi connectivity index (χ1) is 8.72. The van der Waals surface area contributed by atoms with Crippen LogP contribution in [-0.2, 0) is 0 Å². The Morgan fingerprint density at radius 3 is 3.00 bits per heavy atom. The molecule has 98 valence electrons. The molecule has 1 amide bonds. The van der Waals surface area contributed by atoms with Crippen LogP contribution in [0.3, 0.4) is 0 Å². The third kappa shape index (κ3) is 2.90. The zero-order valence-electron chi connectivity index (χ0n) is 10.5. The van der Waals surface area contributed by atoms with E-state index in [1.165, 1.54) is 0 Å². The maximum Gasteiger partial charge on any atom is 0.257 e. The standard InChI is InChI=1S/C13H18N2O2S/c1-17-12-4-3-10(14)9-11(12)13(16)15-5-2-7-18-8-6-15/h3-4,9H,2,5-8,14H2,1H3. The predicted octanol–water partition coefficient (Wildman–Crippen LogP) is 1.86.